The summed E-state index contributed by atoms with van der Waals surface area (Å²) < 4.78 is 39.7. The van der Waals surface area contributed by atoms with Crippen molar-refractivity contribution in [1.29, 1.82) is 0 Å². The lowest BCUT2D eigenvalue weighted by molar-refractivity contribution is -0.141. The fourth-order valence-electron chi connectivity index (χ4n) is 0.961. The van der Waals surface area contributed by atoms with E-state index in [-0.39, 0.29) is 23.5 Å². The van der Waals surface area contributed by atoms with Gasteiger partial charge in [0.05, 0.1) is 6.61 Å². The number of hydrogen-bond acceptors (Lipinski definition) is 3. The molecular weight excluding hydrogens is 229 g/mol. The maximum Gasteiger partial charge on any atom is 0.441 e. The van der Waals surface area contributed by atoms with Crippen LogP contribution in [-0.4, -0.2) is 23.8 Å². The van der Waals surface area contributed by atoms with E-state index in [1.54, 1.807) is 0 Å². The Kier molecular flexibility index (Phi) is 7.64. The molecule has 0 amide bonds. The molecule has 0 unspecified atom stereocenters. The Morgan fingerprint density at radius 2 is 1.80 bits per heavy atom. The maximum atomic E-state index is 11.7. The van der Waals surface area contributed by atoms with E-state index >= 15 is 0 Å². The number of alkyl halides is 3. The molecule has 6 heteroatoms. The number of unbranched alkanes of at least 4 members (excludes halogenated alkanes) is 3. The monoisotopic (exact) mass is 244 g/mol. The van der Waals surface area contributed by atoms with Crippen molar-refractivity contribution in [3.63, 3.8) is 0 Å². The third-order valence-electron chi connectivity index (χ3n) is 1.61. The van der Waals surface area contributed by atoms with Crippen molar-refractivity contribution in [2.24, 2.45) is 0 Å². The largest absolute Gasteiger partial charge is 0.466 e. The molecule has 0 aliphatic heterocycles. The summed E-state index contributed by atoms with van der Waals surface area (Å²) in [6.07, 6.45) is 2.80. The highest BCUT2D eigenvalue weighted by Gasteiger charge is 2.27. The highest BCUT2D eigenvalue weighted by Crippen LogP contribution is 2.30. The first-order chi connectivity index (χ1) is 6.92. The van der Waals surface area contributed by atoms with Crippen molar-refractivity contribution in [3.05, 3.63) is 0 Å². The van der Waals surface area contributed by atoms with Crippen LogP contribution in [0.2, 0.25) is 0 Å². The first-order valence-corrected chi connectivity index (χ1v) is 5.74. The van der Waals surface area contributed by atoms with Gasteiger partial charge in [0.1, 0.15) is 0 Å². The standard InChI is InChI=1S/C9H15F3O2S/c1-8(13)14-6-4-2-3-5-7-15-9(10,11)12/h2-7H2,1H3. The first-order valence-electron chi connectivity index (χ1n) is 4.76. The van der Waals surface area contributed by atoms with Crippen molar-refractivity contribution in [2.45, 2.75) is 38.1 Å². The lowest BCUT2D eigenvalue weighted by Gasteiger charge is -2.05. The minimum absolute atomic E-state index is 0.0169. The molecule has 0 heterocycles. The quantitative estimate of drug-likeness (QED) is 0.507. The Morgan fingerprint density at radius 1 is 1.20 bits per heavy atom. The van der Waals surface area contributed by atoms with Crippen molar-refractivity contribution < 1.29 is 22.7 Å². The number of ether oxygens (including phenoxy) is 1. The number of carbonyl (C=O) groups excluding carboxylic acids is 1. The summed E-state index contributed by atoms with van der Waals surface area (Å²) in [6.45, 7) is 1.70. The molecule has 0 atom stereocenters. The van der Waals surface area contributed by atoms with Crippen LogP contribution in [-0.2, 0) is 9.53 Å². The van der Waals surface area contributed by atoms with E-state index in [9.17, 15) is 18.0 Å². The van der Waals surface area contributed by atoms with Gasteiger partial charge in [0, 0.05) is 12.7 Å². The van der Waals surface area contributed by atoms with Gasteiger partial charge in [-0.05, 0) is 12.8 Å². The number of hydrogen-bond donors (Lipinski definition) is 0. The van der Waals surface area contributed by atoms with Crippen LogP contribution >= 0.6 is 11.8 Å². The Hall–Kier alpha value is -0.390. The Balaban J connectivity index is 3.09. The van der Waals surface area contributed by atoms with Gasteiger partial charge in [-0.1, -0.05) is 24.6 Å². The van der Waals surface area contributed by atoms with Crippen LogP contribution in [0.4, 0.5) is 13.2 Å². The maximum absolute atomic E-state index is 11.7. The van der Waals surface area contributed by atoms with E-state index in [4.69, 9.17) is 0 Å². The first kappa shape index (κ1) is 14.6. The lowest BCUT2D eigenvalue weighted by atomic mass is 10.2. The van der Waals surface area contributed by atoms with E-state index < -0.39 is 5.51 Å². The topological polar surface area (TPSA) is 26.3 Å². The fourth-order valence-corrected chi connectivity index (χ4v) is 1.54. The molecular formula is C9H15F3O2S. The summed E-state index contributed by atoms with van der Waals surface area (Å²) in [5, 5.41) is 0. The van der Waals surface area contributed by atoms with Crippen molar-refractivity contribution in [2.75, 3.05) is 12.4 Å². The van der Waals surface area contributed by atoms with Gasteiger partial charge in [-0.3, -0.25) is 4.79 Å². The average Bonchev–Trinajstić information content (AvgIpc) is 2.07. The molecule has 0 aromatic carbocycles. The molecule has 0 aliphatic carbocycles. The van der Waals surface area contributed by atoms with Crippen LogP contribution in [0, 0.1) is 0 Å². The van der Waals surface area contributed by atoms with Gasteiger partial charge in [0.15, 0.2) is 0 Å². The van der Waals surface area contributed by atoms with Crippen LogP contribution < -0.4 is 0 Å². The molecule has 0 bridgehead atoms. The van der Waals surface area contributed by atoms with Gasteiger partial charge < -0.3 is 4.74 Å². The van der Waals surface area contributed by atoms with Crippen molar-refractivity contribution in [3.8, 4) is 0 Å². The molecule has 0 fully saturated rings. The SMILES string of the molecule is CC(=O)OCCCCCCSC(F)(F)F. The van der Waals surface area contributed by atoms with Crippen molar-refractivity contribution >= 4 is 17.7 Å². The minimum atomic E-state index is -4.11. The molecule has 0 aromatic heterocycles. The van der Waals surface area contributed by atoms with Gasteiger partial charge >= 0.3 is 11.5 Å². The van der Waals surface area contributed by atoms with Gasteiger partial charge in [-0.15, -0.1) is 0 Å². The van der Waals surface area contributed by atoms with Crippen molar-refractivity contribution in [1.82, 2.24) is 0 Å². The highest BCUT2D eigenvalue weighted by atomic mass is 32.2. The molecule has 0 rings (SSSR count). The Labute approximate surface area is 91.6 Å². The third kappa shape index (κ3) is 13.6. The average molecular weight is 244 g/mol. The summed E-state index contributed by atoms with van der Waals surface area (Å²) in [7, 11) is 0. The molecule has 0 aromatic rings. The van der Waals surface area contributed by atoms with Gasteiger partial charge in [0.2, 0.25) is 0 Å². The second-order valence-electron chi connectivity index (χ2n) is 3.05. The van der Waals surface area contributed by atoms with E-state index in [1.165, 1.54) is 6.92 Å². The molecule has 0 spiro atoms. The highest BCUT2D eigenvalue weighted by molar-refractivity contribution is 8.00. The molecule has 0 saturated heterocycles. The fraction of sp³-hybridized carbons (Fsp3) is 0.889. The van der Waals surface area contributed by atoms with Crippen LogP contribution in [0.3, 0.4) is 0 Å². The predicted molar refractivity (Wildman–Crippen MR) is 53.6 cm³/mol. The summed E-state index contributed by atoms with van der Waals surface area (Å²) in [5.74, 6) is -0.209. The number of carbonyl (C=O) groups is 1. The summed E-state index contributed by atoms with van der Waals surface area (Å²) in [6, 6.07) is 0. The molecule has 15 heavy (non-hydrogen) atoms. The smallest absolute Gasteiger partial charge is 0.441 e. The predicted octanol–water partition coefficient (Wildman–Crippen LogP) is 3.36. The number of rotatable bonds is 7. The summed E-state index contributed by atoms with van der Waals surface area (Å²) in [5.41, 5.74) is -4.11. The van der Waals surface area contributed by atoms with Crippen LogP contribution in [0.1, 0.15) is 32.6 Å². The van der Waals surface area contributed by atoms with E-state index in [0.717, 1.165) is 19.3 Å². The second-order valence-corrected chi connectivity index (χ2v) is 4.21. The van der Waals surface area contributed by atoms with E-state index in [1.807, 2.05) is 0 Å². The molecule has 0 saturated carbocycles. The zero-order valence-corrected chi connectivity index (χ0v) is 9.42. The second kappa shape index (κ2) is 7.84. The molecule has 2 nitrogen and oxygen atoms in total. The van der Waals surface area contributed by atoms with Gasteiger partial charge in [-0.2, -0.15) is 13.2 Å². The Morgan fingerprint density at radius 3 is 2.33 bits per heavy atom. The Bertz CT molecular complexity index is 183. The van der Waals surface area contributed by atoms with Gasteiger partial charge in [0.25, 0.3) is 0 Å². The summed E-state index contributed by atoms with van der Waals surface area (Å²) >= 11 is 0.0169. The minimum Gasteiger partial charge on any atom is -0.466 e. The molecule has 0 aliphatic rings. The number of halogens is 3. The zero-order chi connectivity index (χ0) is 11.7. The molecule has 0 radical (unpaired) electrons. The van der Waals surface area contributed by atoms with Crippen LogP contribution in [0.15, 0.2) is 0 Å². The molecule has 90 valence electrons. The van der Waals surface area contributed by atoms with Gasteiger partial charge in [-0.25, -0.2) is 0 Å². The number of thioether (sulfide) groups is 1. The zero-order valence-electron chi connectivity index (χ0n) is 8.60. The normalized spacial score (nSPS) is 11.5. The number of esters is 1. The summed E-state index contributed by atoms with van der Waals surface area (Å²) in [4.78, 5) is 10.3. The van der Waals surface area contributed by atoms with Crippen LogP contribution in [0.5, 0.6) is 0 Å². The van der Waals surface area contributed by atoms with E-state index in [0.29, 0.717) is 13.0 Å². The molecule has 0 N–H and O–H groups in total. The van der Waals surface area contributed by atoms with E-state index in [2.05, 4.69) is 4.74 Å². The van der Waals surface area contributed by atoms with Crippen LogP contribution in [0.25, 0.3) is 0 Å². The lowest BCUT2D eigenvalue weighted by Crippen LogP contribution is -2.02. The third-order valence-corrected chi connectivity index (χ3v) is 2.43.